The normalized spacial score (nSPS) is 13.5. The minimum Gasteiger partial charge on any atom is -0.327 e. The molecule has 96 valence electrons. The Morgan fingerprint density at radius 1 is 1.41 bits per heavy atom. The highest BCUT2D eigenvalue weighted by molar-refractivity contribution is 6.31. The number of rotatable bonds is 3. The van der Waals surface area contributed by atoms with E-state index in [4.69, 9.17) is 17.3 Å². The van der Waals surface area contributed by atoms with Crippen LogP contribution in [0.1, 0.15) is 19.4 Å². The summed E-state index contributed by atoms with van der Waals surface area (Å²) in [5.41, 5.74) is 7.28. The van der Waals surface area contributed by atoms with Gasteiger partial charge in [-0.3, -0.25) is 4.79 Å². The molecular formula is C12H18Cl2N2O. The monoisotopic (exact) mass is 276 g/mol. The van der Waals surface area contributed by atoms with Crippen LogP contribution in [-0.4, -0.2) is 11.9 Å². The third kappa shape index (κ3) is 4.19. The van der Waals surface area contributed by atoms with Crippen molar-refractivity contribution in [1.29, 1.82) is 0 Å². The maximum atomic E-state index is 11.8. The van der Waals surface area contributed by atoms with Crippen LogP contribution in [-0.2, 0) is 4.79 Å². The van der Waals surface area contributed by atoms with Crippen LogP contribution in [0, 0.1) is 12.8 Å². The molecule has 0 aliphatic heterocycles. The Labute approximate surface area is 113 Å². The first-order chi connectivity index (χ1) is 7.43. The fourth-order valence-corrected chi connectivity index (χ4v) is 1.40. The van der Waals surface area contributed by atoms with Crippen molar-refractivity contribution in [3.63, 3.8) is 0 Å². The van der Waals surface area contributed by atoms with Crippen LogP contribution in [0.25, 0.3) is 0 Å². The maximum absolute atomic E-state index is 11.8. The first-order valence-electron chi connectivity index (χ1n) is 5.25. The summed E-state index contributed by atoms with van der Waals surface area (Å²) in [5, 5.41) is 3.47. The fourth-order valence-electron chi connectivity index (χ4n) is 1.23. The Morgan fingerprint density at radius 3 is 2.53 bits per heavy atom. The first kappa shape index (κ1) is 16.2. The Kier molecular flexibility index (Phi) is 6.53. The molecule has 0 heterocycles. The van der Waals surface area contributed by atoms with Crippen LogP contribution in [0.4, 0.5) is 5.69 Å². The van der Waals surface area contributed by atoms with Crippen LogP contribution < -0.4 is 11.1 Å². The van der Waals surface area contributed by atoms with Gasteiger partial charge in [-0.2, -0.15) is 0 Å². The average Bonchev–Trinajstić information content (AvgIpc) is 2.23. The molecule has 1 amide bonds. The molecule has 0 saturated heterocycles. The molecule has 0 bridgehead atoms. The van der Waals surface area contributed by atoms with Crippen molar-refractivity contribution in [1.82, 2.24) is 0 Å². The standard InChI is InChI=1S/C12H17ClN2O.ClH/c1-7(9(3)14)12(16)15-11-6-4-5-10(13)8(11)2;/h4-7,9H,14H2,1-3H3,(H,15,16);1H. The first-order valence-corrected chi connectivity index (χ1v) is 5.63. The molecule has 5 heteroatoms. The number of halogens is 2. The highest BCUT2D eigenvalue weighted by atomic mass is 35.5. The summed E-state index contributed by atoms with van der Waals surface area (Å²) < 4.78 is 0. The predicted octanol–water partition coefficient (Wildman–Crippen LogP) is 2.99. The summed E-state index contributed by atoms with van der Waals surface area (Å²) in [6.07, 6.45) is 0. The molecule has 0 spiro atoms. The van der Waals surface area contributed by atoms with E-state index in [1.54, 1.807) is 13.0 Å². The van der Waals surface area contributed by atoms with Gasteiger partial charge in [-0.1, -0.05) is 24.6 Å². The lowest BCUT2D eigenvalue weighted by Crippen LogP contribution is -2.34. The Hall–Kier alpha value is -0.770. The van der Waals surface area contributed by atoms with Crippen LogP contribution >= 0.6 is 24.0 Å². The molecule has 0 radical (unpaired) electrons. The van der Waals surface area contributed by atoms with Crippen molar-refractivity contribution >= 4 is 35.6 Å². The molecule has 0 fully saturated rings. The molecule has 1 aromatic rings. The molecule has 3 nitrogen and oxygen atoms in total. The number of amides is 1. The number of benzene rings is 1. The number of carbonyl (C=O) groups is 1. The van der Waals surface area contributed by atoms with Gasteiger partial charge in [0.2, 0.25) is 5.91 Å². The summed E-state index contributed by atoms with van der Waals surface area (Å²) in [4.78, 5) is 11.8. The highest BCUT2D eigenvalue weighted by Crippen LogP contribution is 2.23. The Balaban J connectivity index is 0.00000256. The van der Waals surface area contributed by atoms with Gasteiger partial charge in [0.15, 0.2) is 0 Å². The molecule has 1 rings (SSSR count). The van der Waals surface area contributed by atoms with E-state index in [0.29, 0.717) is 5.02 Å². The average molecular weight is 277 g/mol. The molecule has 2 unspecified atom stereocenters. The van der Waals surface area contributed by atoms with Crippen molar-refractivity contribution in [2.45, 2.75) is 26.8 Å². The van der Waals surface area contributed by atoms with Crippen molar-refractivity contribution in [3.05, 3.63) is 28.8 Å². The van der Waals surface area contributed by atoms with E-state index in [2.05, 4.69) is 5.32 Å². The molecular weight excluding hydrogens is 259 g/mol. The Bertz CT molecular complexity index is 394. The molecule has 17 heavy (non-hydrogen) atoms. The largest absolute Gasteiger partial charge is 0.327 e. The van der Waals surface area contributed by atoms with Gasteiger partial charge in [0.05, 0.1) is 5.92 Å². The predicted molar refractivity (Wildman–Crippen MR) is 74.9 cm³/mol. The zero-order chi connectivity index (χ0) is 12.3. The lowest BCUT2D eigenvalue weighted by Gasteiger charge is -2.16. The summed E-state index contributed by atoms with van der Waals surface area (Å²) in [6.45, 7) is 5.49. The minimum absolute atomic E-state index is 0. The van der Waals surface area contributed by atoms with E-state index < -0.39 is 0 Å². The topological polar surface area (TPSA) is 55.1 Å². The smallest absolute Gasteiger partial charge is 0.228 e. The number of nitrogens with two attached hydrogens (primary N) is 1. The quantitative estimate of drug-likeness (QED) is 0.892. The van der Waals surface area contributed by atoms with Gasteiger partial charge in [0, 0.05) is 16.8 Å². The molecule has 0 aromatic heterocycles. The van der Waals surface area contributed by atoms with Crippen LogP contribution in [0.5, 0.6) is 0 Å². The number of nitrogens with one attached hydrogen (secondary N) is 1. The van der Waals surface area contributed by atoms with Crippen molar-refractivity contribution in [2.75, 3.05) is 5.32 Å². The van der Waals surface area contributed by atoms with Crippen LogP contribution in [0.2, 0.25) is 5.02 Å². The molecule has 0 saturated carbocycles. The third-order valence-corrected chi connectivity index (χ3v) is 3.14. The second-order valence-corrected chi connectivity index (χ2v) is 4.46. The minimum atomic E-state index is -0.224. The lowest BCUT2D eigenvalue weighted by molar-refractivity contribution is -0.119. The Morgan fingerprint density at radius 2 is 2.00 bits per heavy atom. The van der Waals surface area contributed by atoms with E-state index >= 15 is 0 Å². The van der Waals surface area contributed by atoms with E-state index in [1.165, 1.54) is 0 Å². The van der Waals surface area contributed by atoms with E-state index in [-0.39, 0.29) is 30.3 Å². The zero-order valence-corrected chi connectivity index (χ0v) is 11.7. The van der Waals surface area contributed by atoms with Crippen LogP contribution in [0.15, 0.2) is 18.2 Å². The van der Waals surface area contributed by atoms with Gasteiger partial charge in [0.1, 0.15) is 0 Å². The molecule has 0 aliphatic rings. The van der Waals surface area contributed by atoms with Crippen molar-refractivity contribution in [2.24, 2.45) is 11.7 Å². The number of carbonyl (C=O) groups excluding carboxylic acids is 1. The number of hydrogen-bond donors (Lipinski definition) is 2. The fraction of sp³-hybridized carbons (Fsp3) is 0.417. The van der Waals surface area contributed by atoms with Gasteiger partial charge in [-0.05, 0) is 31.5 Å². The molecule has 2 atom stereocenters. The summed E-state index contributed by atoms with van der Waals surface area (Å²) >= 11 is 5.96. The second kappa shape index (κ2) is 6.84. The SMILES string of the molecule is Cc1c(Cl)cccc1NC(=O)C(C)C(C)N.Cl. The van der Waals surface area contributed by atoms with Gasteiger partial charge in [-0.25, -0.2) is 0 Å². The second-order valence-electron chi connectivity index (χ2n) is 4.05. The zero-order valence-electron chi connectivity index (χ0n) is 10.2. The highest BCUT2D eigenvalue weighted by Gasteiger charge is 2.17. The number of anilines is 1. The van der Waals surface area contributed by atoms with Crippen molar-refractivity contribution in [3.8, 4) is 0 Å². The number of hydrogen-bond acceptors (Lipinski definition) is 2. The van der Waals surface area contributed by atoms with Gasteiger partial charge >= 0.3 is 0 Å². The molecule has 0 aliphatic carbocycles. The van der Waals surface area contributed by atoms with E-state index in [0.717, 1.165) is 11.3 Å². The summed E-state index contributed by atoms with van der Waals surface area (Å²) in [7, 11) is 0. The van der Waals surface area contributed by atoms with Gasteiger partial charge < -0.3 is 11.1 Å². The summed E-state index contributed by atoms with van der Waals surface area (Å²) in [5.74, 6) is -0.307. The third-order valence-electron chi connectivity index (χ3n) is 2.73. The van der Waals surface area contributed by atoms with Crippen molar-refractivity contribution < 1.29 is 4.79 Å². The van der Waals surface area contributed by atoms with Crippen LogP contribution in [0.3, 0.4) is 0 Å². The molecule has 3 N–H and O–H groups in total. The van der Waals surface area contributed by atoms with E-state index in [1.807, 2.05) is 26.0 Å². The van der Waals surface area contributed by atoms with E-state index in [9.17, 15) is 4.79 Å². The van der Waals surface area contributed by atoms with Gasteiger partial charge in [0.25, 0.3) is 0 Å². The van der Waals surface area contributed by atoms with Gasteiger partial charge in [-0.15, -0.1) is 12.4 Å². The maximum Gasteiger partial charge on any atom is 0.228 e. The molecule has 1 aromatic carbocycles. The lowest BCUT2D eigenvalue weighted by atomic mass is 10.0. The summed E-state index contributed by atoms with van der Waals surface area (Å²) in [6, 6.07) is 5.26.